The number of nitrogens with zero attached hydrogens (tertiary/aromatic N) is 1. The Morgan fingerprint density at radius 1 is 1.26 bits per heavy atom. The average Bonchev–Trinajstić information content (AvgIpc) is 2.34. The summed E-state index contributed by atoms with van der Waals surface area (Å²) in [4.78, 5) is 0.381. The maximum Gasteiger partial charge on any atom is 0.243 e. The molecule has 0 N–H and O–H groups in total. The Morgan fingerprint density at radius 3 is 2.42 bits per heavy atom. The van der Waals surface area contributed by atoms with Crippen LogP contribution in [0.1, 0.15) is 19.4 Å². The van der Waals surface area contributed by atoms with E-state index in [1.54, 1.807) is 19.2 Å². The maximum atomic E-state index is 12.7. The lowest BCUT2D eigenvalue weighted by Crippen LogP contribution is -2.37. The van der Waals surface area contributed by atoms with Crippen LogP contribution in [-0.2, 0) is 14.8 Å². The molecule has 0 amide bonds. The van der Waals surface area contributed by atoms with Crippen LogP contribution in [0.3, 0.4) is 0 Å². The molecule has 0 aliphatic heterocycles. The third-order valence-corrected chi connectivity index (χ3v) is 4.85. The smallest absolute Gasteiger partial charge is 0.243 e. The lowest BCUT2D eigenvalue weighted by Gasteiger charge is -2.24. The maximum absolute atomic E-state index is 12.7. The minimum Gasteiger partial charge on any atom is -0.383 e. The third-order valence-electron chi connectivity index (χ3n) is 2.83. The fourth-order valence-electron chi connectivity index (χ4n) is 1.89. The van der Waals surface area contributed by atoms with Gasteiger partial charge in [-0.15, -0.1) is 0 Å². The van der Waals surface area contributed by atoms with Gasteiger partial charge in [0.1, 0.15) is 0 Å². The minimum absolute atomic E-state index is 0.274. The van der Waals surface area contributed by atoms with Crippen molar-refractivity contribution in [1.82, 2.24) is 4.31 Å². The van der Waals surface area contributed by atoms with Crippen molar-refractivity contribution in [2.24, 2.45) is 5.92 Å². The Hall–Kier alpha value is -0.910. The van der Waals surface area contributed by atoms with E-state index in [0.717, 1.165) is 5.56 Å². The van der Waals surface area contributed by atoms with E-state index < -0.39 is 10.0 Å². The van der Waals surface area contributed by atoms with Gasteiger partial charge in [0.05, 0.1) is 11.5 Å². The first-order chi connectivity index (χ1) is 8.89. The molecule has 0 aliphatic rings. The van der Waals surface area contributed by atoms with Crippen LogP contribution in [0.5, 0.6) is 0 Å². The second-order valence-electron chi connectivity index (χ2n) is 5.02. The van der Waals surface area contributed by atoms with Gasteiger partial charge in [-0.1, -0.05) is 32.0 Å². The second-order valence-corrected chi connectivity index (χ2v) is 6.92. The number of rotatable bonds is 7. The molecule has 0 heterocycles. The SMILES string of the molecule is COCCN(CC(C)C)S(=O)(=O)c1ccccc1C. The van der Waals surface area contributed by atoms with Crippen LogP contribution < -0.4 is 0 Å². The summed E-state index contributed by atoms with van der Waals surface area (Å²) in [6.45, 7) is 7.11. The summed E-state index contributed by atoms with van der Waals surface area (Å²) in [5.74, 6) is 0.274. The lowest BCUT2D eigenvalue weighted by atomic mass is 10.2. The molecule has 0 aliphatic carbocycles. The van der Waals surface area contributed by atoms with Crippen LogP contribution in [-0.4, -0.2) is 39.5 Å². The molecule has 0 fully saturated rings. The van der Waals surface area contributed by atoms with Gasteiger partial charge in [0.2, 0.25) is 10.0 Å². The van der Waals surface area contributed by atoms with E-state index in [2.05, 4.69) is 0 Å². The first-order valence-electron chi connectivity index (χ1n) is 6.44. The zero-order valence-electron chi connectivity index (χ0n) is 12.1. The van der Waals surface area contributed by atoms with Crippen LogP contribution >= 0.6 is 0 Å². The monoisotopic (exact) mass is 285 g/mol. The van der Waals surface area contributed by atoms with Gasteiger partial charge in [-0.2, -0.15) is 4.31 Å². The minimum atomic E-state index is -3.45. The molecule has 0 bridgehead atoms. The van der Waals surface area contributed by atoms with E-state index in [1.807, 2.05) is 32.9 Å². The predicted octanol–water partition coefficient (Wildman–Crippen LogP) is 2.29. The number of ether oxygens (including phenoxy) is 1. The number of hydrogen-bond acceptors (Lipinski definition) is 3. The van der Waals surface area contributed by atoms with E-state index in [9.17, 15) is 8.42 Å². The molecule has 0 unspecified atom stereocenters. The number of hydrogen-bond donors (Lipinski definition) is 0. The van der Waals surface area contributed by atoms with Crippen LogP contribution in [0.2, 0.25) is 0 Å². The first kappa shape index (κ1) is 16.1. The molecule has 0 aromatic heterocycles. The molecule has 0 saturated carbocycles. The molecule has 0 saturated heterocycles. The van der Waals surface area contributed by atoms with Gasteiger partial charge < -0.3 is 4.74 Å². The summed E-state index contributed by atoms with van der Waals surface area (Å²) in [5, 5.41) is 0. The van der Waals surface area contributed by atoms with Crippen LogP contribution in [0, 0.1) is 12.8 Å². The van der Waals surface area contributed by atoms with Gasteiger partial charge in [0.15, 0.2) is 0 Å². The largest absolute Gasteiger partial charge is 0.383 e. The Kier molecular flexibility index (Phi) is 5.97. The van der Waals surface area contributed by atoms with Gasteiger partial charge in [-0.25, -0.2) is 8.42 Å². The van der Waals surface area contributed by atoms with Crippen LogP contribution in [0.25, 0.3) is 0 Å². The second kappa shape index (κ2) is 7.03. The van der Waals surface area contributed by atoms with Crippen molar-refractivity contribution in [3.05, 3.63) is 29.8 Å². The highest BCUT2D eigenvalue weighted by atomic mass is 32.2. The van der Waals surface area contributed by atoms with Crippen molar-refractivity contribution in [2.45, 2.75) is 25.7 Å². The van der Waals surface area contributed by atoms with E-state index >= 15 is 0 Å². The molecule has 1 rings (SSSR count). The van der Waals surface area contributed by atoms with E-state index in [4.69, 9.17) is 4.74 Å². The number of methoxy groups -OCH3 is 1. The molecule has 108 valence electrons. The van der Waals surface area contributed by atoms with Gasteiger partial charge in [0.25, 0.3) is 0 Å². The lowest BCUT2D eigenvalue weighted by molar-refractivity contribution is 0.175. The molecule has 0 spiro atoms. The summed E-state index contributed by atoms with van der Waals surface area (Å²) >= 11 is 0. The van der Waals surface area contributed by atoms with E-state index in [-0.39, 0.29) is 5.92 Å². The van der Waals surface area contributed by atoms with Crippen molar-refractivity contribution in [2.75, 3.05) is 26.8 Å². The fourth-order valence-corrected chi connectivity index (χ4v) is 3.71. The molecular weight excluding hydrogens is 262 g/mol. The normalized spacial score (nSPS) is 12.3. The van der Waals surface area contributed by atoms with Crippen molar-refractivity contribution in [1.29, 1.82) is 0 Å². The quantitative estimate of drug-likeness (QED) is 0.772. The van der Waals surface area contributed by atoms with Crippen LogP contribution in [0.4, 0.5) is 0 Å². The third kappa shape index (κ3) is 4.30. The summed E-state index contributed by atoms with van der Waals surface area (Å²) in [7, 11) is -1.87. The topological polar surface area (TPSA) is 46.6 Å². The van der Waals surface area contributed by atoms with Crippen molar-refractivity contribution >= 4 is 10.0 Å². The molecule has 4 nitrogen and oxygen atoms in total. The molecule has 1 aromatic rings. The van der Waals surface area contributed by atoms with Crippen molar-refractivity contribution in [3.8, 4) is 0 Å². The standard InChI is InChI=1S/C14H23NO3S/c1-12(2)11-15(9-10-18-4)19(16,17)14-8-6-5-7-13(14)3/h5-8,12H,9-11H2,1-4H3. The fraction of sp³-hybridized carbons (Fsp3) is 0.571. The Morgan fingerprint density at radius 2 is 1.89 bits per heavy atom. The number of aryl methyl sites for hydroxylation is 1. The Labute approximate surface area is 116 Å². The summed E-state index contributed by atoms with van der Waals surface area (Å²) in [5.41, 5.74) is 0.772. The number of benzene rings is 1. The predicted molar refractivity (Wildman–Crippen MR) is 76.7 cm³/mol. The molecule has 5 heteroatoms. The zero-order chi connectivity index (χ0) is 14.5. The number of sulfonamides is 1. The van der Waals surface area contributed by atoms with Crippen molar-refractivity contribution in [3.63, 3.8) is 0 Å². The molecule has 0 atom stereocenters. The summed E-state index contributed by atoms with van der Waals surface area (Å²) < 4.78 is 31.8. The van der Waals surface area contributed by atoms with Crippen LogP contribution in [0.15, 0.2) is 29.2 Å². The van der Waals surface area contributed by atoms with E-state index in [1.165, 1.54) is 4.31 Å². The average molecular weight is 285 g/mol. The first-order valence-corrected chi connectivity index (χ1v) is 7.88. The molecule has 1 aromatic carbocycles. The molecule has 0 radical (unpaired) electrons. The van der Waals surface area contributed by atoms with E-state index in [0.29, 0.717) is 24.6 Å². The highest BCUT2D eigenvalue weighted by Crippen LogP contribution is 2.20. The van der Waals surface area contributed by atoms with Gasteiger partial charge >= 0.3 is 0 Å². The van der Waals surface area contributed by atoms with Gasteiger partial charge in [-0.05, 0) is 24.5 Å². The summed E-state index contributed by atoms with van der Waals surface area (Å²) in [6.07, 6.45) is 0. The molecule has 19 heavy (non-hydrogen) atoms. The Balaban J connectivity index is 3.08. The van der Waals surface area contributed by atoms with Crippen molar-refractivity contribution < 1.29 is 13.2 Å². The highest BCUT2D eigenvalue weighted by molar-refractivity contribution is 7.89. The summed E-state index contributed by atoms with van der Waals surface area (Å²) in [6, 6.07) is 7.07. The van der Waals surface area contributed by atoms with Gasteiger partial charge in [0, 0.05) is 20.2 Å². The highest BCUT2D eigenvalue weighted by Gasteiger charge is 2.25. The van der Waals surface area contributed by atoms with Gasteiger partial charge in [-0.3, -0.25) is 0 Å². The Bertz CT molecular complexity index is 497. The zero-order valence-corrected chi connectivity index (χ0v) is 12.9. The molecular formula is C14H23NO3S.